The average molecular weight is 258 g/mol. The lowest BCUT2D eigenvalue weighted by atomic mass is 10.2. The molecule has 0 aliphatic carbocycles. The fourth-order valence-corrected chi connectivity index (χ4v) is 1.53. The van der Waals surface area contributed by atoms with Crippen LogP contribution in [0.25, 0.3) is 12.2 Å². The first kappa shape index (κ1) is 13.3. The zero-order valence-electron chi connectivity index (χ0n) is 11.2. The Hall–Kier alpha value is -2.14. The van der Waals surface area contributed by atoms with E-state index in [4.69, 9.17) is 10.3 Å². The van der Waals surface area contributed by atoms with Gasteiger partial charge in [0.1, 0.15) is 0 Å². The summed E-state index contributed by atoms with van der Waals surface area (Å²) in [5, 5.41) is 3.93. The second-order valence-electron chi connectivity index (χ2n) is 4.60. The Bertz CT molecular complexity index is 543. The first-order valence-corrected chi connectivity index (χ1v) is 6.14. The lowest BCUT2D eigenvalue weighted by Crippen LogP contribution is -2.15. The predicted molar refractivity (Wildman–Crippen MR) is 76.3 cm³/mol. The van der Waals surface area contributed by atoms with Crippen LogP contribution in [-0.4, -0.2) is 35.7 Å². The van der Waals surface area contributed by atoms with E-state index in [0.717, 1.165) is 30.0 Å². The number of rotatable bonds is 5. The molecule has 0 saturated heterocycles. The minimum atomic E-state index is 0.519. The summed E-state index contributed by atoms with van der Waals surface area (Å²) in [7, 11) is 4.03. The molecular formula is C14H18N4O. The summed E-state index contributed by atoms with van der Waals surface area (Å²) in [6.45, 7) is 0.903. The quantitative estimate of drug-likeness (QED) is 0.830. The molecule has 5 heteroatoms. The highest BCUT2D eigenvalue weighted by molar-refractivity contribution is 5.66. The molecule has 1 aromatic carbocycles. The lowest BCUT2D eigenvalue weighted by Gasteiger charge is -2.05. The molecule has 0 amide bonds. The molecule has 1 heterocycles. The van der Waals surface area contributed by atoms with E-state index in [1.807, 2.05) is 44.4 Å². The summed E-state index contributed by atoms with van der Waals surface area (Å²) in [4.78, 5) is 6.38. The third-order valence-corrected chi connectivity index (χ3v) is 2.62. The van der Waals surface area contributed by atoms with Gasteiger partial charge < -0.3 is 15.2 Å². The van der Waals surface area contributed by atoms with Gasteiger partial charge in [-0.1, -0.05) is 17.3 Å². The molecule has 0 fully saturated rings. The van der Waals surface area contributed by atoms with E-state index < -0.39 is 0 Å². The van der Waals surface area contributed by atoms with Gasteiger partial charge in [-0.05, 0) is 37.9 Å². The van der Waals surface area contributed by atoms with Gasteiger partial charge in [0.15, 0.2) is 5.82 Å². The van der Waals surface area contributed by atoms with Crippen LogP contribution in [0.5, 0.6) is 0 Å². The van der Waals surface area contributed by atoms with Crippen molar-refractivity contribution in [2.45, 2.75) is 6.42 Å². The van der Waals surface area contributed by atoms with E-state index in [9.17, 15) is 0 Å². The predicted octanol–water partition coefficient (Wildman–Crippen LogP) is 1.93. The van der Waals surface area contributed by atoms with Crippen molar-refractivity contribution < 1.29 is 4.52 Å². The Kier molecular flexibility index (Phi) is 4.30. The Morgan fingerprint density at radius 2 is 1.95 bits per heavy atom. The van der Waals surface area contributed by atoms with Crippen LogP contribution in [-0.2, 0) is 6.42 Å². The molecule has 1 aromatic heterocycles. The fourth-order valence-electron chi connectivity index (χ4n) is 1.53. The highest BCUT2D eigenvalue weighted by Crippen LogP contribution is 2.09. The van der Waals surface area contributed by atoms with E-state index in [1.54, 1.807) is 6.08 Å². The molecule has 2 rings (SSSR count). The molecule has 5 nitrogen and oxygen atoms in total. The Morgan fingerprint density at radius 3 is 2.63 bits per heavy atom. The Labute approximate surface area is 112 Å². The largest absolute Gasteiger partial charge is 0.399 e. The molecule has 0 spiro atoms. The van der Waals surface area contributed by atoms with Crippen molar-refractivity contribution in [1.29, 1.82) is 0 Å². The number of aromatic nitrogens is 2. The number of likely N-dealkylation sites (N-methyl/N-ethyl adjacent to an activating group) is 1. The van der Waals surface area contributed by atoms with Gasteiger partial charge >= 0.3 is 0 Å². The number of nitrogen functional groups attached to an aromatic ring is 1. The number of anilines is 1. The topological polar surface area (TPSA) is 68.2 Å². The summed E-state index contributed by atoms with van der Waals surface area (Å²) < 4.78 is 5.15. The van der Waals surface area contributed by atoms with Crippen LogP contribution in [0.3, 0.4) is 0 Å². The van der Waals surface area contributed by atoms with Gasteiger partial charge in [0.25, 0.3) is 5.89 Å². The molecule has 0 aliphatic rings. The van der Waals surface area contributed by atoms with E-state index in [1.165, 1.54) is 0 Å². The normalized spacial score (nSPS) is 11.5. The van der Waals surface area contributed by atoms with Gasteiger partial charge in [0.05, 0.1) is 0 Å². The van der Waals surface area contributed by atoms with Gasteiger partial charge in [-0.3, -0.25) is 0 Å². The minimum Gasteiger partial charge on any atom is -0.399 e. The molecule has 0 aliphatic heterocycles. The zero-order chi connectivity index (χ0) is 13.7. The summed E-state index contributed by atoms with van der Waals surface area (Å²) in [6.07, 6.45) is 4.51. The van der Waals surface area contributed by atoms with Crippen LogP contribution in [0.1, 0.15) is 17.3 Å². The molecule has 2 N–H and O–H groups in total. The molecule has 19 heavy (non-hydrogen) atoms. The molecular weight excluding hydrogens is 240 g/mol. The van der Waals surface area contributed by atoms with Crippen molar-refractivity contribution in [1.82, 2.24) is 15.0 Å². The van der Waals surface area contributed by atoms with Crippen molar-refractivity contribution in [3.8, 4) is 0 Å². The third-order valence-electron chi connectivity index (χ3n) is 2.62. The molecule has 100 valence electrons. The van der Waals surface area contributed by atoms with Gasteiger partial charge in [-0.2, -0.15) is 4.98 Å². The molecule has 0 saturated carbocycles. The first-order valence-electron chi connectivity index (χ1n) is 6.14. The molecule has 0 bridgehead atoms. The highest BCUT2D eigenvalue weighted by atomic mass is 16.5. The third kappa shape index (κ3) is 4.22. The van der Waals surface area contributed by atoms with E-state index in [-0.39, 0.29) is 0 Å². The highest BCUT2D eigenvalue weighted by Gasteiger charge is 2.03. The molecule has 0 unspecified atom stereocenters. The molecule has 2 aromatic rings. The van der Waals surface area contributed by atoms with E-state index in [0.29, 0.717) is 5.89 Å². The first-order chi connectivity index (χ1) is 9.13. The number of nitrogens with two attached hydrogens (primary N) is 1. The van der Waals surface area contributed by atoms with Crippen molar-refractivity contribution >= 4 is 17.8 Å². The van der Waals surface area contributed by atoms with Gasteiger partial charge in [-0.25, -0.2) is 0 Å². The van der Waals surface area contributed by atoms with Crippen LogP contribution in [0.15, 0.2) is 28.8 Å². The maximum absolute atomic E-state index is 5.63. The summed E-state index contributed by atoms with van der Waals surface area (Å²) in [5.41, 5.74) is 7.42. The second-order valence-corrected chi connectivity index (χ2v) is 4.60. The zero-order valence-corrected chi connectivity index (χ0v) is 11.2. The molecule has 0 atom stereocenters. The lowest BCUT2D eigenvalue weighted by molar-refractivity contribution is 0.385. The summed E-state index contributed by atoms with van der Waals surface area (Å²) in [5.74, 6) is 1.25. The van der Waals surface area contributed by atoms with E-state index >= 15 is 0 Å². The number of hydrogen-bond donors (Lipinski definition) is 1. The van der Waals surface area contributed by atoms with Gasteiger partial charge in [0.2, 0.25) is 0 Å². The minimum absolute atomic E-state index is 0.519. The van der Waals surface area contributed by atoms with Crippen LogP contribution >= 0.6 is 0 Å². The second kappa shape index (κ2) is 6.15. The number of hydrogen-bond acceptors (Lipinski definition) is 5. The van der Waals surface area contributed by atoms with Crippen LogP contribution in [0.4, 0.5) is 5.69 Å². The Morgan fingerprint density at radius 1 is 1.21 bits per heavy atom. The standard InChI is InChI=1S/C14H18N4O/c1-18(2)10-9-13-16-14(19-17-13)8-5-11-3-6-12(15)7-4-11/h3-8H,9-10,15H2,1-2H3/b8-5+. The SMILES string of the molecule is CN(C)CCc1noc(/C=C/c2ccc(N)cc2)n1. The average Bonchev–Trinajstić information content (AvgIpc) is 2.84. The number of nitrogens with zero attached hydrogens (tertiary/aromatic N) is 3. The van der Waals surface area contributed by atoms with Crippen molar-refractivity contribution in [2.24, 2.45) is 0 Å². The van der Waals surface area contributed by atoms with Crippen LogP contribution < -0.4 is 5.73 Å². The smallest absolute Gasteiger partial charge is 0.250 e. The summed E-state index contributed by atoms with van der Waals surface area (Å²) in [6, 6.07) is 7.59. The van der Waals surface area contributed by atoms with Crippen LogP contribution in [0, 0.1) is 0 Å². The maximum Gasteiger partial charge on any atom is 0.250 e. The summed E-state index contributed by atoms with van der Waals surface area (Å²) >= 11 is 0. The van der Waals surface area contributed by atoms with Crippen molar-refractivity contribution in [2.75, 3.05) is 26.4 Å². The van der Waals surface area contributed by atoms with Gasteiger partial charge in [-0.15, -0.1) is 0 Å². The van der Waals surface area contributed by atoms with Crippen molar-refractivity contribution in [3.05, 3.63) is 41.5 Å². The molecule has 0 radical (unpaired) electrons. The fraction of sp³-hybridized carbons (Fsp3) is 0.286. The van der Waals surface area contributed by atoms with Crippen molar-refractivity contribution in [3.63, 3.8) is 0 Å². The van der Waals surface area contributed by atoms with Crippen LogP contribution in [0.2, 0.25) is 0 Å². The van der Waals surface area contributed by atoms with E-state index in [2.05, 4.69) is 15.0 Å². The number of benzene rings is 1. The van der Waals surface area contributed by atoms with Gasteiger partial charge in [0, 0.05) is 24.7 Å². The monoisotopic (exact) mass is 258 g/mol. The Balaban J connectivity index is 1.97. The maximum atomic E-state index is 5.63.